The summed E-state index contributed by atoms with van der Waals surface area (Å²) in [6.07, 6.45) is 6.94. The molecule has 1 rings (SSSR count). The lowest BCUT2D eigenvalue weighted by atomic mass is 9.85. The van der Waals surface area contributed by atoms with E-state index in [1.165, 1.54) is 32.1 Å². The summed E-state index contributed by atoms with van der Waals surface area (Å²) >= 11 is 0. The molecule has 1 atom stereocenters. The normalized spacial score (nSPS) is 22.8. The van der Waals surface area contributed by atoms with E-state index in [1.807, 2.05) is 0 Å². The molecule has 1 fully saturated rings. The van der Waals surface area contributed by atoms with Crippen molar-refractivity contribution < 1.29 is 9.53 Å². The predicted octanol–water partition coefficient (Wildman–Crippen LogP) is 2.09. The Morgan fingerprint density at radius 2 is 2.05 bits per heavy atom. The van der Waals surface area contributed by atoms with E-state index in [-0.39, 0.29) is 5.91 Å². The summed E-state index contributed by atoms with van der Waals surface area (Å²) in [6.45, 7) is 6.69. The third kappa shape index (κ3) is 7.53. The third-order valence-corrected chi connectivity index (χ3v) is 3.99. The van der Waals surface area contributed by atoms with Crippen LogP contribution in [0, 0.1) is 5.41 Å². The van der Waals surface area contributed by atoms with E-state index in [2.05, 4.69) is 24.5 Å². The standard InChI is InChI=1S/C15H30N2O2/c1-15(2)8-4-5-13(6-9-15)16-10-7-14(18)17-11-12-19-3/h13,16H,4-12H2,1-3H3,(H,17,18). The Labute approximate surface area is 117 Å². The largest absolute Gasteiger partial charge is 0.383 e. The van der Waals surface area contributed by atoms with Gasteiger partial charge in [-0.1, -0.05) is 20.3 Å². The molecule has 4 nitrogen and oxygen atoms in total. The van der Waals surface area contributed by atoms with Gasteiger partial charge in [0, 0.05) is 32.7 Å². The summed E-state index contributed by atoms with van der Waals surface area (Å²) in [7, 11) is 1.64. The molecule has 1 unspecified atom stereocenters. The number of nitrogens with one attached hydrogen (secondary N) is 2. The molecule has 0 heterocycles. The predicted molar refractivity (Wildman–Crippen MR) is 78.2 cm³/mol. The highest BCUT2D eigenvalue weighted by molar-refractivity contribution is 5.76. The van der Waals surface area contributed by atoms with Crippen LogP contribution in [-0.4, -0.2) is 38.8 Å². The molecular weight excluding hydrogens is 240 g/mol. The number of carbonyl (C=O) groups is 1. The molecule has 0 saturated heterocycles. The van der Waals surface area contributed by atoms with E-state index >= 15 is 0 Å². The second-order valence-corrected chi connectivity index (χ2v) is 6.34. The average Bonchev–Trinajstić information content (AvgIpc) is 2.51. The second-order valence-electron chi connectivity index (χ2n) is 6.34. The molecule has 1 amide bonds. The Morgan fingerprint density at radius 1 is 1.26 bits per heavy atom. The number of carbonyl (C=O) groups excluding carboxylic acids is 1. The summed E-state index contributed by atoms with van der Waals surface area (Å²) in [4.78, 5) is 11.5. The van der Waals surface area contributed by atoms with Gasteiger partial charge in [-0.3, -0.25) is 4.79 Å². The fraction of sp³-hybridized carbons (Fsp3) is 0.933. The number of amides is 1. The van der Waals surface area contributed by atoms with Gasteiger partial charge in [-0.05, 0) is 31.1 Å². The summed E-state index contributed by atoms with van der Waals surface area (Å²) in [5.41, 5.74) is 0.494. The highest BCUT2D eigenvalue weighted by Gasteiger charge is 2.23. The van der Waals surface area contributed by atoms with Gasteiger partial charge in [0.2, 0.25) is 5.91 Å². The molecule has 2 N–H and O–H groups in total. The molecule has 0 aromatic carbocycles. The molecule has 0 aliphatic heterocycles. The lowest BCUT2D eigenvalue weighted by Crippen LogP contribution is -2.34. The van der Waals surface area contributed by atoms with Crippen LogP contribution in [0.1, 0.15) is 52.4 Å². The Morgan fingerprint density at radius 3 is 2.79 bits per heavy atom. The highest BCUT2D eigenvalue weighted by Crippen LogP contribution is 2.33. The zero-order chi connectivity index (χ0) is 14.1. The van der Waals surface area contributed by atoms with Gasteiger partial charge < -0.3 is 15.4 Å². The number of hydrogen-bond donors (Lipinski definition) is 2. The topological polar surface area (TPSA) is 50.4 Å². The van der Waals surface area contributed by atoms with Crippen molar-refractivity contribution in [1.29, 1.82) is 0 Å². The highest BCUT2D eigenvalue weighted by atomic mass is 16.5. The first kappa shape index (κ1) is 16.4. The minimum absolute atomic E-state index is 0.110. The smallest absolute Gasteiger partial charge is 0.221 e. The molecule has 1 saturated carbocycles. The maximum Gasteiger partial charge on any atom is 0.221 e. The van der Waals surface area contributed by atoms with Crippen LogP contribution < -0.4 is 10.6 Å². The van der Waals surface area contributed by atoms with Crippen molar-refractivity contribution >= 4 is 5.91 Å². The van der Waals surface area contributed by atoms with Crippen LogP contribution in [0.3, 0.4) is 0 Å². The van der Waals surface area contributed by atoms with Crippen LogP contribution in [0.4, 0.5) is 0 Å². The fourth-order valence-corrected chi connectivity index (χ4v) is 2.64. The van der Waals surface area contributed by atoms with Crippen molar-refractivity contribution in [1.82, 2.24) is 10.6 Å². The minimum Gasteiger partial charge on any atom is -0.383 e. The Bertz CT molecular complexity index is 267. The summed E-state index contributed by atoms with van der Waals surface area (Å²) in [6, 6.07) is 0.591. The molecule has 4 heteroatoms. The summed E-state index contributed by atoms with van der Waals surface area (Å²) < 4.78 is 4.89. The van der Waals surface area contributed by atoms with Gasteiger partial charge in [-0.15, -0.1) is 0 Å². The summed E-state index contributed by atoms with van der Waals surface area (Å²) in [5.74, 6) is 0.110. The molecule has 19 heavy (non-hydrogen) atoms. The van der Waals surface area contributed by atoms with Gasteiger partial charge in [-0.25, -0.2) is 0 Å². The molecule has 0 bridgehead atoms. The van der Waals surface area contributed by atoms with Crippen molar-refractivity contribution in [3.63, 3.8) is 0 Å². The second kappa shape index (κ2) is 8.54. The van der Waals surface area contributed by atoms with Crippen LogP contribution >= 0.6 is 0 Å². The first-order valence-corrected chi connectivity index (χ1v) is 7.52. The first-order valence-electron chi connectivity index (χ1n) is 7.52. The van der Waals surface area contributed by atoms with Crippen molar-refractivity contribution in [2.75, 3.05) is 26.8 Å². The third-order valence-electron chi connectivity index (χ3n) is 3.99. The molecule has 0 spiro atoms. The van der Waals surface area contributed by atoms with E-state index in [1.54, 1.807) is 7.11 Å². The van der Waals surface area contributed by atoms with Gasteiger partial charge >= 0.3 is 0 Å². The molecular formula is C15H30N2O2. The van der Waals surface area contributed by atoms with Crippen LogP contribution in [0.15, 0.2) is 0 Å². The molecule has 0 aromatic heterocycles. The van der Waals surface area contributed by atoms with Gasteiger partial charge in [0.25, 0.3) is 0 Å². The number of methoxy groups -OCH3 is 1. The zero-order valence-electron chi connectivity index (χ0n) is 12.8. The maximum atomic E-state index is 11.5. The number of hydrogen-bond acceptors (Lipinski definition) is 3. The number of rotatable bonds is 7. The minimum atomic E-state index is 0.110. The van der Waals surface area contributed by atoms with Crippen LogP contribution in [0.5, 0.6) is 0 Å². The van der Waals surface area contributed by atoms with E-state index in [9.17, 15) is 4.79 Å². The molecule has 1 aliphatic carbocycles. The molecule has 0 aromatic rings. The lowest BCUT2D eigenvalue weighted by molar-refractivity contribution is -0.121. The Hall–Kier alpha value is -0.610. The van der Waals surface area contributed by atoms with Crippen molar-refractivity contribution in [2.45, 2.75) is 58.4 Å². The SMILES string of the molecule is COCCNC(=O)CCNC1CCCC(C)(C)CC1. The Kier molecular flexibility index (Phi) is 7.39. The lowest BCUT2D eigenvalue weighted by Gasteiger charge is -2.22. The quantitative estimate of drug-likeness (QED) is 0.550. The maximum absolute atomic E-state index is 11.5. The van der Waals surface area contributed by atoms with E-state index in [0.717, 1.165) is 6.54 Å². The molecule has 0 radical (unpaired) electrons. The Balaban J connectivity index is 2.10. The van der Waals surface area contributed by atoms with Gasteiger partial charge in [0.1, 0.15) is 0 Å². The monoisotopic (exact) mass is 270 g/mol. The average molecular weight is 270 g/mol. The van der Waals surface area contributed by atoms with Crippen LogP contribution in [0.2, 0.25) is 0 Å². The van der Waals surface area contributed by atoms with Gasteiger partial charge in [0.15, 0.2) is 0 Å². The fourth-order valence-electron chi connectivity index (χ4n) is 2.64. The van der Waals surface area contributed by atoms with Gasteiger partial charge in [0.05, 0.1) is 6.61 Å². The molecule has 112 valence electrons. The summed E-state index contributed by atoms with van der Waals surface area (Å²) in [5, 5.41) is 6.37. The number of ether oxygens (including phenoxy) is 1. The van der Waals surface area contributed by atoms with E-state index < -0.39 is 0 Å². The van der Waals surface area contributed by atoms with Gasteiger partial charge in [-0.2, -0.15) is 0 Å². The van der Waals surface area contributed by atoms with Crippen LogP contribution in [-0.2, 0) is 9.53 Å². The van der Waals surface area contributed by atoms with E-state index in [4.69, 9.17) is 4.74 Å². The van der Waals surface area contributed by atoms with Crippen LogP contribution in [0.25, 0.3) is 0 Å². The molecule has 1 aliphatic rings. The van der Waals surface area contributed by atoms with Crippen molar-refractivity contribution in [3.8, 4) is 0 Å². The van der Waals surface area contributed by atoms with Crippen molar-refractivity contribution in [3.05, 3.63) is 0 Å². The first-order chi connectivity index (χ1) is 9.03. The zero-order valence-corrected chi connectivity index (χ0v) is 12.8. The van der Waals surface area contributed by atoms with Crippen molar-refractivity contribution in [2.24, 2.45) is 5.41 Å². The van der Waals surface area contributed by atoms with E-state index in [0.29, 0.717) is 31.0 Å².